The van der Waals surface area contributed by atoms with Gasteiger partial charge in [-0.2, -0.15) is 0 Å². The lowest BCUT2D eigenvalue weighted by Crippen LogP contribution is -2.46. The zero-order valence-corrected chi connectivity index (χ0v) is 15.8. The fraction of sp³-hybridized carbons (Fsp3) is 0.368. The third-order valence-electron chi connectivity index (χ3n) is 3.33. The number of fused-ring (bicyclic) bond motifs is 1. The monoisotopic (exact) mass is 373 g/mol. The second-order valence-electron chi connectivity index (χ2n) is 7.01. The molecule has 1 aromatic heterocycles. The van der Waals surface area contributed by atoms with E-state index in [1.807, 2.05) is 32.9 Å². The smallest absolute Gasteiger partial charge is 0.331 e. The number of amides is 2. The van der Waals surface area contributed by atoms with E-state index in [1.54, 1.807) is 12.1 Å². The molecule has 0 fully saturated rings. The van der Waals surface area contributed by atoms with Crippen molar-refractivity contribution in [3.63, 3.8) is 0 Å². The zero-order valence-electron chi connectivity index (χ0n) is 15.8. The standard InChI is InChI=1S/C19H23N3O5/c1-19(2,3)21-15(23)11-22(4)17(24)12-26-18(25)10-9-16-20-13-7-5-6-8-14(13)27-16/h5-10H,11-12H2,1-4H3,(H,21,23)/b10-9+. The number of likely N-dealkylation sites (N-methyl/N-ethyl adjacent to an activating group) is 1. The molecular weight excluding hydrogens is 350 g/mol. The summed E-state index contributed by atoms with van der Waals surface area (Å²) in [5.41, 5.74) is 0.898. The summed E-state index contributed by atoms with van der Waals surface area (Å²) in [6, 6.07) is 7.21. The van der Waals surface area contributed by atoms with Crippen LogP contribution in [0.1, 0.15) is 26.7 Å². The predicted molar refractivity (Wildman–Crippen MR) is 99.5 cm³/mol. The molecule has 8 nitrogen and oxygen atoms in total. The topological polar surface area (TPSA) is 102 Å². The van der Waals surface area contributed by atoms with Crippen LogP contribution in [-0.4, -0.2) is 53.4 Å². The lowest BCUT2D eigenvalue weighted by Gasteiger charge is -2.23. The molecule has 2 amide bonds. The molecular formula is C19H23N3O5. The van der Waals surface area contributed by atoms with Gasteiger partial charge in [0.05, 0.1) is 6.54 Å². The normalized spacial score (nSPS) is 11.6. The lowest BCUT2D eigenvalue weighted by atomic mass is 10.1. The summed E-state index contributed by atoms with van der Waals surface area (Å²) in [7, 11) is 1.46. The van der Waals surface area contributed by atoms with Crippen LogP contribution in [0.2, 0.25) is 0 Å². The van der Waals surface area contributed by atoms with E-state index in [9.17, 15) is 14.4 Å². The highest BCUT2D eigenvalue weighted by Gasteiger charge is 2.18. The quantitative estimate of drug-likeness (QED) is 0.611. The maximum absolute atomic E-state index is 12.0. The van der Waals surface area contributed by atoms with Crippen molar-refractivity contribution in [2.24, 2.45) is 0 Å². The van der Waals surface area contributed by atoms with E-state index in [0.717, 1.165) is 6.08 Å². The summed E-state index contributed by atoms with van der Waals surface area (Å²) < 4.78 is 10.3. The van der Waals surface area contributed by atoms with Gasteiger partial charge in [0.1, 0.15) is 5.52 Å². The number of ether oxygens (including phenoxy) is 1. The van der Waals surface area contributed by atoms with E-state index in [0.29, 0.717) is 11.1 Å². The highest BCUT2D eigenvalue weighted by Crippen LogP contribution is 2.15. The van der Waals surface area contributed by atoms with Crippen LogP contribution in [-0.2, 0) is 19.1 Å². The average molecular weight is 373 g/mol. The molecule has 8 heteroatoms. The first kappa shape index (κ1) is 20.2. The van der Waals surface area contributed by atoms with Gasteiger partial charge in [0.2, 0.25) is 11.8 Å². The van der Waals surface area contributed by atoms with Gasteiger partial charge in [-0.15, -0.1) is 0 Å². The van der Waals surface area contributed by atoms with E-state index in [4.69, 9.17) is 9.15 Å². The molecule has 1 heterocycles. The molecule has 144 valence electrons. The number of carbonyl (C=O) groups is 3. The summed E-state index contributed by atoms with van der Waals surface area (Å²) in [5, 5.41) is 2.75. The Labute approximate surface area is 157 Å². The highest BCUT2D eigenvalue weighted by atomic mass is 16.5. The lowest BCUT2D eigenvalue weighted by molar-refractivity contribution is -0.148. The number of aromatic nitrogens is 1. The van der Waals surface area contributed by atoms with Gasteiger partial charge in [0.25, 0.3) is 5.91 Å². The summed E-state index contributed by atoms with van der Waals surface area (Å²) in [5.74, 6) is -1.23. The number of esters is 1. The molecule has 0 radical (unpaired) electrons. The zero-order chi connectivity index (χ0) is 20.0. The number of hydrogen-bond donors (Lipinski definition) is 1. The molecule has 27 heavy (non-hydrogen) atoms. The molecule has 0 saturated heterocycles. The Morgan fingerprint density at radius 1 is 1.26 bits per heavy atom. The number of carbonyl (C=O) groups excluding carboxylic acids is 3. The van der Waals surface area contributed by atoms with E-state index >= 15 is 0 Å². The maximum atomic E-state index is 12.0. The second-order valence-corrected chi connectivity index (χ2v) is 7.01. The summed E-state index contributed by atoms with van der Waals surface area (Å²) in [6.45, 7) is 4.95. The van der Waals surface area contributed by atoms with Gasteiger partial charge in [-0.25, -0.2) is 9.78 Å². The molecule has 1 N–H and O–H groups in total. The Bertz CT molecular complexity index is 831. The van der Waals surface area contributed by atoms with Gasteiger partial charge in [0, 0.05) is 24.7 Å². The Hall–Kier alpha value is -3.16. The van der Waals surface area contributed by atoms with Gasteiger partial charge < -0.3 is 19.4 Å². The minimum Gasteiger partial charge on any atom is -0.452 e. The van der Waals surface area contributed by atoms with E-state index in [2.05, 4.69) is 10.3 Å². The number of nitrogens with zero attached hydrogens (tertiary/aromatic N) is 2. The van der Waals surface area contributed by atoms with Crippen LogP contribution in [0.15, 0.2) is 34.8 Å². The minimum absolute atomic E-state index is 0.119. The van der Waals surface area contributed by atoms with Crippen molar-refractivity contribution in [1.82, 2.24) is 15.2 Å². The van der Waals surface area contributed by atoms with Gasteiger partial charge >= 0.3 is 5.97 Å². The molecule has 0 unspecified atom stereocenters. The number of hydrogen-bond acceptors (Lipinski definition) is 6. The Morgan fingerprint density at radius 3 is 2.63 bits per heavy atom. The predicted octanol–water partition coefficient (Wildman–Crippen LogP) is 1.76. The van der Waals surface area contributed by atoms with Crippen LogP contribution in [0.5, 0.6) is 0 Å². The summed E-state index contributed by atoms with van der Waals surface area (Å²) >= 11 is 0. The average Bonchev–Trinajstić information content (AvgIpc) is 2.98. The van der Waals surface area contributed by atoms with Gasteiger partial charge in [-0.3, -0.25) is 9.59 Å². The van der Waals surface area contributed by atoms with Crippen LogP contribution < -0.4 is 5.32 Å². The summed E-state index contributed by atoms with van der Waals surface area (Å²) in [4.78, 5) is 40.9. The fourth-order valence-electron chi connectivity index (χ4n) is 2.15. The molecule has 0 aliphatic carbocycles. The van der Waals surface area contributed by atoms with Crippen LogP contribution in [0.25, 0.3) is 17.2 Å². The van der Waals surface area contributed by atoms with Gasteiger partial charge in [-0.1, -0.05) is 12.1 Å². The van der Waals surface area contributed by atoms with Crippen molar-refractivity contribution < 1.29 is 23.5 Å². The first-order valence-corrected chi connectivity index (χ1v) is 8.39. The third-order valence-corrected chi connectivity index (χ3v) is 3.33. The number of benzene rings is 1. The largest absolute Gasteiger partial charge is 0.452 e. The van der Waals surface area contributed by atoms with Crippen LogP contribution in [0, 0.1) is 0 Å². The van der Waals surface area contributed by atoms with Crippen molar-refractivity contribution in [3.05, 3.63) is 36.2 Å². The molecule has 2 aromatic rings. The Kier molecular flexibility index (Phi) is 6.33. The van der Waals surface area contributed by atoms with E-state index in [1.165, 1.54) is 18.0 Å². The van der Waals surface area contributed by atoms with Crippen molar-refractivity contribution in [1.29, 1.82) is 0 Å². The number of para-hydroxylation sites is 2. The minimum atomic E-state index is -0.710. The molecule has 0 aliphatic rings. The summed E-state index contributed by atoms with van der Waals surface area (Å²) in [6.07, 6.45) is 2.50. The highest BCUT2D eigenvalue weighted by molar-refractivity contribution is 5.90. The van der Waals surface area contributed by atoms with Gasteiger partial charge in [0.15, 0.2) is 12.2 Å². The molecule has 0 aliphatic heterocycles. The SMILES string of the molecule is CN(CC(=O)NC(C)(C)C)C(=O)COC(=O)/C=C/c1nc2ccccc2o1. The first-order chi connectivity index (χ1) is 12.6. The number of rotatable bonds is 6. The molecule has 0 saturated carbocycles. The van der Waals surface area contributed by atoms with Crippen LogP contribution in [0.4, 0.5) is 0 Å². The van der Waals surface area contributed by atoms with Crippen molar-refractivity contribution >= 4 is 35.0 Å². The van der Waals surface area contributed by atoms with Crippen molar-refractivity contribution in [2.75, 3.05) is 20.2 Å². The molecule has 0 spiro atoms. The third kappa shape index (κ3) is 6.58. The van der Waals surface area contributed by atoms with E-state index < -0.39 is 18.5 Å². The fourth-order valence-corrected chi connectivity index (χ4v) is 2.15. The molecule has 0 bridgehead atoms. The van der Waals surface area contributed by atoms with E-state index in [-0.39, 0.29) is 23.9 Å². The Balaban J connectivity index is 1.80. The van der Waals surface area contributed by atoms with Crippen molar-refractivity contribution in [3.8, 4) is 0 Å². The number of nitrogens with one attached hydrogen (secondary N) is 1. The van der Waals surface area contributed by atoms with Crippen LogP contribution in [0.3, 0.4) is 0 Å². The van der Waals surface area contributed by atoms with Crippen molar-refractivity contribution in [2.45, 2.75) is 26.3 Å². The molecule has 2 rings (SSSR count). The maximum Gasteiger partial charge on any atom is 0.331 e. The number of oxazole rings is 1. The molecule has 1 aromatic carbocycles. The van der Waals surface area contributed by atoms with Gasteiger partial charge in [-0.05, 0) is 32.9 Å². The molecule has 0 atom stereocenters. The first-order valence-electron chi connectivity index (χ1n) is 8.39. The second kappa shape index (κ2) is 8.48. The van der Waals surface area contributed by atoms with Crippen LogP contribution >= 0.6 is 0 Å². The Morgan fingerprint density at radius 2 is 1.96 bits per heavy atom.